The van der Waals surface area contributed by atoms with Crippen LogP contribution in [0.1, 0.15) is 18.4 Å². The van der Waals surface area contributed by atoms with E-state index in [9.17, 15) is 9.18 Å². The van der Waals surface area contributed by atoms with Gasteiger partial charge in [-0.15, -0.1) is 0 Å². The standard InChI is InChI=1S/C22H26FN3O4/c1-28-21(27)9-11-25-22(24-10-8-16-4-2-5-17(23)14-16)26-18-6-7-19-20(15-18)30-13-3-12-29-19/h2,4-7,14-15H,3,8-13H2,1H3,(H2,24,25,26). The smallest absolute Gasteiger partial charge is 0.307 e. The maximum Gasteiger partial charge on any atom is 0.307 e. The quantitative estimate of drug-likeness (QED) is 0.411. The second-order valence-corrected chi connectivity index (χ2v) is 6.70. The monoisotopic (exact) mass is 415 g/mol. The van der Waals surface area contributed by atoms with Crippen LogP contribution in [0.4, 0.5) is 10.1 Å². The second kappa shape index (κ2) is 11.0. The summed E-state index contributed by atoms with van der Waals surface area (Å²) >= 11 is 0. The maximum absolute atomic E-state index is 13.4. The molecule has 30 heavy (non-hydrogen) atoms. The van der Waals surface area contributed by atoms with E-state index in [0.717, 1.165) is 17.7 Å². The number of fused-ring (bicyclic) bond motifs is 1. The van der Waals surface area contributed by atoms with Gasteiger partial charge in [0.2, 0.25) is 0 Å². The number of aliphatic imine (C=N–C) groups is 1. The number of nitrogens with zero attached hydrogens (tertiary/aromatic N) is 1. The van der Waals surface area contributed by atoms with Crippen molar-refractivity contribution < 1.29 is 23.4 Å². The van der Waals surface area contributed by atoms with Crippen molar-refractivity contribution in [3.05, 3.63) is 53.8 Å². The highest BCUT2D eigenvalue weighted by molar-refractivity contribution is 5.94. The van der Waals surface area contributed by atoms with Gasteiger partial charge in [0.25, 0.3) is 0 Å². The van der Waals surface area contributed by atoms with Gasteiger partial charge in [-0.05, 0) is 36.2 Å². The minimum Gasteiger partial charge on any atom is -0.490 e. The summed E-state index contributed by atoms with van der Waals surface area (Å²) < 4.78 is 29.4. The molecule has 0 bridgehead atoms. The maximum atomic E-state index is 13.4. The van der Waals surface area contributed by atoms with Crippen LogP contribution < -0.4 is 20.1 Å². The summed E-state index contributed by atoms with van der Waals surface area (Å²) in [4.78, 5) is 15.8. The number of guanidine groups is 1. The fourth-order valence-corrected chi connectivity index (χ4v) is 2.90. The van der Waals surface area contributed by atoms with Gasteiger partial charge in [-0.25, -0.2) is 4.39 Å². The summed E-state index contributed by atoms with van der Waals surface area (Å²) in [7, 11) is 1.35. The van der Waals surface area contributed by atoms with E-state index in [1.54, 1.807) is 6.07 Å². The Hall–Kier alpha value is -3.29. The molecule has 3 rings (SSSR count). The van der Waals surface area contributed by atoms with Crippen molar-refractivity contribution in [2.75, 3.05) is 38.7 Å². The number of hydrogen-bond donors (Lipinski definition) is 2. The van der Waals surface area contributed by atoms with Crippen molar-refractivity contribution in [3.8, 4) is 11.5 Å². The molecule has 0 saturated heterocycles. The lowest BCUT2D eigenvalue weighted by atomic mass is 10.1. The Morgan fingerprint density at radius 2 is 2.00 bits per heavy atom. The summed E-state index contributed by atoms with van der Waals surface area (Å²) in [6.07, 6.45) is 1.63. The number of rotatable bonds is 7. The number of halogens is 1. The number of hydrogen-bond acceptors (Lipinski definition) is 5. The Morgan fingerprint density at radius 1 is 1.17 bits per heavy atom. The Morgan fingerprint density at radius 3 is 2.80 bits per heavy atom. The minimum atomic E-state index is -0.326. The van der Waals surface area contributed by atoms with Gasteiger partial charge in [0.1, 0.15) is 5.82 Å². The summed E-state index contributed by atoms with van der Waals surface area (Å²) in [5, 5.41) is 6.43. The van der Waals surface area contributed by atoms with E-state index in [2.05, 4.69) is 20.4 Å². The number of carbonyl (C=O) groups is 1. The van der Waals surface area contributed by atoms with Gasteiger partial charge in [0.15, 0.2) is 17.5 Å². The van der Waals surface area contributed by atoms with E-state index in [1.807, 2.05) is 24.3 Å². The number of anilines is 1. The first-order valence-corrected chi connectivity index (χ1v) is 9.90. The Labute approximate surface area is 175 Å². The molecule has 8 heteroatoms. The highest BCUT2D eigenvalue weighted by Gasteiger charge is 2.11. The van der Waals surface area contributed by atoms with Gasteiger partial charge in [0.05, 0.1) is 33.3 Å². The molecule has 2 aromatic carbocycles. The summed E-state index contributed by atoms with van der Waals surface area (Å²) in [5.74, 6) is 1.30. The van der Waals surface area contributed by atoms with E-state index in [4.69, 9.17) is 9.47 Å². The molecule has 0 aromatic heterocycles. The molecule has 2 aromatic rings. The normalized spacial score (nSPS) is 13.3. The van der Waals surface area contributed by atoms with Gasteiger partial charge < -0.3 is 24.8 Å². The molecule has 7 nitrogen and oxygen atoms in total. The van der Waals surface area contributed by atoms with Gasteiger partial charge in [-0.2, -0.15) is 0 Å². The Balaban J connectivity index is 1.65. The molecule has 0 amide bonds. The summed E-state index contributed by atoms with van der Waals surface area (Å²) in [6.45, 7) is 2.04. The molecule has 1 aliphatic heterocycles. The van der Waals surface area contributed by atoms with Gasteiger partial charge >= 0.3 is 5.97 Å². The molecule has 160 valence electrons. The molecule has 0 spiro atoms. The average Bonchev–Trinajstić information content (AvgIpc) is 2.98. The lowest BCUT2D eigenvalue weighted by Crippen LogP contribution is -2.32. The molecule has 0 fully saturated rings. The predicted octanol–water partition coefficient (Wildman–Crippen LogP) is 3.15. The lowest BCUT2D eigenvalue weighted by Gasteiger charge is -2.14. The first-order valence-electron chi connectivity index (χ1n) is 9.90. The van der Waals surface area contributed by atoms with Crippen LogP contribution in [0.15, 0.2) is 47.5 Å². The number of nitrogens with one attached hydrogen (secondary N) is 2. The molecule has 1 heterocycles. The zero-order valence-corrected chi connectivity index (χ0v) is 16.9. The van der Waals surface area contributed by atoms with Gasteiger partial charge in [-0.1, -0.05) is 12.1 Å². The highest BCUT2D eigenvalue weighted by Crippen LogP contribution is 2.32. The third-order valence-corrected chi connectivity index (χ3v) is 4.42. The van der Waals surface area contributed by atoms with Crippen LogP contribution in [-0.4, -0.2) is 45.3 Å². The fourth-order valence-electron chi connectivity index (χ4n) is 2.90. The first kappa shape index (κ1) is 21.4. The van der Waals surface area contributed by atoms with Crippen LogP contribution in [0.25, 0.3) is 0 Å². The number of methoxy groups -OCH3 is 1. The third kappa shape index (κ3) is 6.65. The van der Waals surface area contributed by atoms with Crippen LogP contribution in [0.2, 0.25) is 0 Å². The Bertz CT molecular complexity index is 888. The summed E-state index contributed by atoms with van der Waals surface area (Å²) in [5.41, 5.74) is 1.65. The van der Waals surface area contributed by atoms with Crippen LogP contribution in [0.5, 0.6) is 11.5 Å². The van der Waals surface area contributed by atoms with Crippen LogP contribution >= 0.6 is 0 Å². The number of carbonyl (C=O) groups excluding carboxylic acids is 1. The SMILES string of the molecule is COC(=O)CCN=C(NCCc1cccc(F)c1)Nc1ccc2c(c1)OCCCO2. The molecule has 0 unspecified atom stereocenters. The van der Waals surface area contributed by atoms with Crippen molar-refractivity contribution in [3.63, 3.8) is 0 Å². The van der Waals surface area contributed by atoms with Crippen LogP contribution in [0, 0.1) is 5.82 Å². The van der Waals surface area contributed by atoms with Crippen molar-refractivity contribution in [1.82, 2.24) is 5.32 Å². The topological polar surface area (TPSA) is 81.2 Å². The fraction of sp³-hybridized carbons (Fsp3) is 0.364. The van der Waals surface area contributed by atoms with E-state index in [1.165, 1.54) is 19.2 Å². The number of esters is 1. The zero-order chi connectivity index (χ0) is 21.2. The van der Waals surface area contributed by atoms with Crippen molar-refractivity contribution in [1.29, 1.82) is 0 Å². The molecule has 2 N–H and O–H groups in total. The van der Waals surface area contributed by atoms with Crippen LogP contribution in [0.3, 0.4) is 0 Å². The molecule has 0 saturated carbocycles. The van der Waals surface area contributed by atoms with Gasteiger partial charge in [-0.3, -0.25) is 9.79 Å². The summed E-state index contributed by atoms with van der Waals surface area (Å²) in [6, 6.07) is 12.1. The van der Waals surface area contributed by atoms with Gasteiger partial charge in [0, 0.05) is 24.7 Å². The number of ether oxygens (including phenoxy) is 3. The highest BCUT2D eigenvalue weighted by atomic mass is 19.1. The molecule has 0 atom stereocenters. The Kier molecular flexibility index (Phi) is 7.88. The molecule has 0 radical (unpaired) electrons. The lowest BCUT2D eigenvalue weighted by molar-refractivity contribution is -0.140. The molecule has 0 aliphatic carbocycles. The zero-order valence-electron chi connectivity index (χ0n) is 16.9. The minimum absolute atomic E-state index is 0.175. The number of benzene rings is 2. The van der Waals surface area contributed by atoms with E-state index in [-0.39, 0.29) is 24.8 Å². The van der Waals surface area contributed by atoms with Crippen molar-refractivity contribution in [2.45, 2.75) is 19.3 Å². The van der Waals surface area contributed by atoms with Crippen molar-refractivity contribution in [2.24, 2.45) is 4.99 Å². The average molecular weight is 415 g/mol. The second-order valence-electron chi connectivity index (χ2n) is 6.70. The molecular formula is C22H26FN3O4. The molecule has 1 aliphatic rings. The third-order valence-electron chi connectivity index (χ3n) is 4.42. The molecular weight excluding hydrogens is 389 g/mol. The first-order chi connectivity index (χ1) is 14.6. The van der Waals surface area contributed by atoms with Crippen LogP contribution in [-0.2, 0) is 16.0 Å². The van der Waals surface area contributed by atoms with E-state index in [0.29, 0.717) is 43.6 Å². The van der Waals surface area contributed by atoms with E-state index < -0.39 is 0 Å². The van der Waals surface area contributed by atoms with E-state index >= 15 is 0 Å². The largest absolute Gasteiger partial charge is 0.490 e. The van der Waals surface area contributed by atoms with Crippen molar-refractivity contribution >= 4 is 17.6 Å². The predicted molar refractivity (Wildman–Crippen MR) is 113 cm³/mol.